The molecule has 1 aromatic carbocycles. The number of aromatic nitrogens is 2. The number of benzene rings is 1. The van der Waals surface area contributed by atoms with Crippen LogP contribution in [0.1, 0.15) is 16.8 Å². The van der Waals surface area contributed by atoms with Gasteiger partial charge < -0.3 is 15.6 Å². The molecule has 12 nitrogen and oxygen atoms in total. The van der Waals surface area contributed by atoms with E-state index in [4.69, 9.17) is 22.1 Å². The molecule has 0 aliphatic carbocycles. The summed E-state index contributed by atoms with van der Waals surface area (Å²) in [5.74, 6) is -2.45. The van der Waals surface area contributed by atoms with E-state index in [0.29, 0.717) is 9.59 Å². The zero-order valence-corrected chi connectivity index (χ0v) is 19.2. The summed E-state index contributed by atoms with van der Waals surface area (Å²) in [5.41, 5.74) is 3.48. The number of nitrogens with zero attached hydrogens (tertiary/aromatic N) is 3. The van der Waals surface area contributed by atoms with Gasteiger partial charge in [-0.05, 0) is 24.3 Å². The van der Waals surface area contributed by atoms with E-state index in [1.54, 1.807) is 0 Å². The highest BCUT2D eigenvalue weighted by Gasteiger charge is 2.44. The summed E-state index contributed by atoms with van der Waals surface area (Å²) < 4.78 is 33.3. The number of aliphatic hydroxyl groups is 1. The number of esters is 1. The molecule has 2 heterocycles. The van der Waals surface area contributed by atoms with Crippen molar-refractivity contribution in [2.24, 2.45) is 14.1 Å². The second kappa shape index (κ2) is 9.09. The molecule has 1 aliphatic heterocycles. The van der Waals surface area contributed by atoms with E-state index in [1.165, 1.54) is 31.3 Å². The summed E-state index contributed by atoms with van der Waals surface area (Å²) >= 11 is 5.79. The van der Waals surface area contributed by atoms with E-state index < -0.39 is 63.2 Å². The Bertz CT molecular complexity index is 1330. The number of rotatable bonds is 6. The SMILES string of the molecule is Cn1c(N)c(C(=O)COC(=O)[C@@H]2C[C@@H](O)CN2S(=O)(=O)c2ccc(Cl)cc2)c(=O)n(C)c1=O. The number of nitrogens with two attached hydrogens (primary N) is 1. The molecule has 0 amide bonds. The van der Waals surface area contributed by atoms with Crippen LogP contribution in [0.3, 0.4) is 0 Å². The number of hydrogen-bond donors (Lipinski definition) is 2. The number of halogens is 1. The van der Waals surface area contributed by atoms with Gasteiger partial charge in [-0.25, -0.2) is 13.2 Å². The molecule has 2 atom stereocenters. The highest BCUT2D eigenvalue weighted by molar-refractivity contribution is 7.89. The van der Waals surface area contributed by atoms with Gasteiger partial charge in [0.15, 0.2) is 6.61 Å². The molecule has 2 aromatic rings. The molecule has 178 valence electrons. The number of hydrogen-bond acceptors (Lipinski definition) is 9. The number of nitrogen functional groups attached to an aromatic ring is 1. The van der Waals surface area contributed by atoms with Crippen molar-refractivity contribution in [1.29, 1.82) is 0 Å². The lowest BCUT2D eigenvalue weighted by Crippen LogP contribution is -2.43. The molecule has 1 fully saturated rings. The van der Waals surface area contributed by atoms with Gasteiger partial charge in [-0.2, -0.15) is 4.31 Å². The number of ketones is 1. The Balaban J connectivity index is 1.81. The van der Waals surface area contributed by atoms with Crippen LogP contribution < -0.4 is 17.0 Å². The van der Waals surface area contributed by atoms with Gasteiger partial charge in [-0.15, -0.1) is 0 Å². The van der Waals surface area contributed by atoms with Crippen LogP contribution in [0.4, 0.5) is 5.82 Å². The van der Waals surface area contributed by atoms with Crippen LogP contribution in [0, 0.1) is 0 Å². The van der Waals surface area contributed by atoms with Crippen LogP contribution in [-0.4, -0.2) is 64.0 Å². The van der Waals surface area contributed by atoms with E-state index in [1.807, 2.05) is 0 Å². The van der Waals surface area contributed by atoms with Crippen LogP contribution in [0.25, 0.3) is 0 Å². The van der Waals surface area contributed by atoms with Crippen LogP contribution >= 0.6 is 11.6 Å². The molecule has 14 heteroatoms. The summed E-state index contributed by atoms with van der Waals surface area (Å²) in [5, 5.41) is 10.3. The van der Waals surface area contributed by atoms with E-state index in [2.05, 4.69) is 0 Å². The topological polar surface area (TPSA) is 171 Å². The average Bonchev–Trinajstić information content (AvgIpc) is 3.18. The maximum Gasteiger partial charge on any atom is 0.332 e. The summed E-state index contributed by atoms with van der Waals surface area (Å²) in [6.45, 7) is -1.27. The number of anilines is 1. The Morgan fingerprint density at radius 1 is 1.18 bits per heavy atom. The lowest BCUT2D eigenvalue weighted by Gasteiger charge is -2.22. The zero-order valence-electron chi connectivity index (χ0n) is 17.6. The molecular formula is C19H21ClN4O8S. The van der Waals surface area contributed by atoms with Gasteiger partial charge in [0.2, 0.25) is 15.8 Å². The predicted octanol–water partition coefficient (Wildman–Crippen LogP) is -1.13. The van der Waals surface area contributed by atoms with Gasteiger partial charge in [0.05, 0.1) is 11.0 Å². The van der Waals surface area contributed by atoms with E-state index in [9.17, 15) is 32.7 Å². The zero-order chi connectivity index (χ0) is 24.7. The fraction of sp³-hybridized carbons (Fsp3) is 0.368. The normalized spacial score (nSPS) is 18.9. The summed E-state index contributed by atoms with van der Waals surface area (Å²) in [4.78, 5) is 49.2. The van der Waals surface area contributed by atoms with Crippen molar-refractivity contribution in [3.05, 3.63) is 55.7 Å². The Labute approximate surface area is 192 Å². The Hall–Kier alpha value is -3.00. The van der Waals surface area contributed by atoms with Gasteiger partial charge in [-0.3, -0.25) is 23.5 Å². The summed E-state index contributed by atoms with van der Waals surface area (Å²) in [7, 11) is -1.76. The van der Waals surface area contributed by atoms with Gasteiger partial charge in [-0.1, -0.05) is 11.6 Å². The van der Waals surface area contributed by atoms with Crippen molar-refractivity contribution in [2.45, 2.75) is 23.5 Å². The minimum absolute atomic E-state index is 0.142. The molecule has 0 saturated carbocycles. The average molecular weight is 501 g/mol. The van der Waals surface area contributed by atoms with Crippen molar-refractivity contribution in [2.75, 3.05) is 18.9 Å². The lowest BCUT2D eigenvalue weighted by molar-refractivity contribution is -0.146. The highest BCUT2D eigenvalue weighted by atomic mass is 35.5. The Kier molecular flexibility index (Phi) is 6.79. The first-order valence-corrected chi connectivity index (χ1v) is 11.4. The molecule has 1 saturated heterocycles. The monoisotopic (exact) mass is 500 g/mol. The molecule has 1 aliphatic rings. The van der Waals surface area contributed by atoms with E-state index in [0.717, 1.165) is 15.9 Å². The van der Waals surface area contributed by atoms with Gasteiger partial charge in [0.25, 0.3) is 5.56 Å². The summed E-state index contributed by atoms with van der Waals surface area (Å²) in [6, 6.07) is 3.85. The number of sulfonamides is 1. The third-order valence-electron chi connectivity index (χ3n) is 5.26. The van der Waals surface area contributed by atoms with E-state index >= 15 is 0 Å². The molecule has 0 radical (unpaired) electrons. The molecular weight excluding hydrogens is 480 g/mol. The molecule has 0 bridgehead atoms. The van der Waals surface area contributed by atoms with Crippen LogP contribution in [-0.2, 0) is 33.7 Å². The molecule has 1 aromatic heterocycles. The molecule has 0 spiro atoms. The van der Waals surface area contributed by atoms with Crippen LogP contribution in [0.2, 0.25) is 5.02 Å². The molecule has 0 unspecified atom stereocenters. The smallest absolute Gasteiger partial charge is 0.332 e. The number of carbonyl (C=O) groups excluding carboxylic acids is 2. The fourth-order valence-corrected chi connectivity index (χ4v) is 5.19. The second-order valence-electron chi connectivity index (χ2n) is 7.43. The lowest BCUT2D eigenvalue weighted by atomic mass is 10.2. The third kappa shape index (κ3) is 4.57. The molecule has 3 rings (SSSR count). The van der Waals surface area contributed by atoms with Gasteiger partial charge >= 0.3 is 11.7 Å². The van der Waals surface area contributed by atoms with Crippen molar-refractivity contribution in [1.82, 2.24) is 13.4 Å². The predicted molar refractivity (Wildman–Crippen MR) is 116 cm³/mol. The van der Waals surface area contributed by atoms with Crippen molar-refractivity contribution in [3.63, 3.8) is 0 Å². The quantitative estimate of drug-likeness (QED) is 0.367. The fourth-order valence-electron chi connectivity index (χ4n) is 3.43. The molecule has 3 N–H and O–H groups in total. The first-order valence-electron chi connectivity index (χ1n) is 9.57. The van der Waals surface area contributed by atoms with Crippen molar-refractivity contribution < 1.29 is 27.9 Å². The van der Waals surface area contributed by atoms with E-state index in [-0.39, 0.29) is 17.9 Å². The van der Waals surface area contributed by atoms with Crippen LogP contribution in [0.15, 0.2) is 38.8 Å². The Morgan fingerprint density at radius 3 is 2.39 bits per heavy atom. The first kappa shape index (κ1) is 24.6. The van der Waals surface area contributed by atoms with Gasteiger partial charge in [0.1, 0.15) is 17.4 Å². The Morgan fingerprint density at radius 2 is 1.79 bits per heavy atom. The number of β-amino-alcohol motifs (C(OH)–C–C–N with tert-alkyl or cyclic N) is 1. The largest absolute Gasteiger partial charge is 0.456 e. The van der Waals surface area contributed by atoms with Gasteiger partial charge in [0, 0.05) is 32.1 Å². The minimum Gasteiger partial charge on any atom is -0.456 e. The van der Waals surface area contributed by atoms with Crippen LogP contribution in [0.5, 0.6) is 0 Å². The number of carbonyl (C=O) groups is 2. The summed E-state index contributed by atoms with van der Waals surface area (Å²) in [6.07, 6.45) is -1.38. The maximum absolute atomic E-state index is 13.0. The standard InChI is InChI=1S/C19H21ClN4O8S/c1-22-16(21)15(17(27)23(2)19(22)29)14(26)9-32-18(28)13-7-11(25)8-24(13)33(30,31)12-5-3-10(20)4-6-12/h3-6,11,13,25H,7-9,21H2,1-2H3/t11-,13+/m1/s1. The third-order valence-corrected chi connectivity index (χ3v) is 7.40. The second-order valence-corrected chi connectivity index (χ2v) is 9.76. The van der Waals surface area contributed by atoms with Crippen molar-refractivity contribution in [3.8, 4) is 0 Å². The first-order chi connectivity index (χ1) is 15.4. The number of Topliss-reactive ketones (excluding diaryl/α,β-unsaturated/α-hetero) is 1. The number of aliphatic hydroxyl groups excluding tert-OH is 1. The molecule has 33 heavy (non-hydrogen) atoms. The minimum atomic E-state index is -4.19. The van der Waals surface area contributed by atoms with Crippen molar-refractivity contribution >= 4 is 39.2 Å². The maximum atomic E-state index is 13.0. The number of ether oxygens (including phenoxy) is 1. The highest BCUT2D eigenvalue weighted by Crippen LogP contribution is 2.28.